The normalized spacial score (nSPS) is 19.2. The van der Waals surface area contributed by atoms with Gasteiger partial charge in [0.15, 0.2) is 0 Å². The number of allylic oxidation sites excluding steroid dienone is 2. The molecule has 3 rings (SSSR count). The maximum atomic E-state index is 13.5. The second-order valence-electron chi connectivity index (χ2n) is 6.90. The lowest BCUT2D eigenvalue weighted by Gasteiger charge is -2.28. The fourth-order valence-corrected chi connectivity index (χ4v) is 3.45. The van der Waals surface area contributed by atoms with Crippen LogP contribution in [0.5, 0.6) is 0 Å². The fraction of sp³-hybridized carbons (Fsp3) is 0.182. The van der Waals surface area contributed by atoms with Crippen LogP contribution in [0.25, 0.3) is 0 Å². The lowest BCUT2D eigenvalue weighted by atomic mass is 9.93. The van der Waals surface area contributed by atoms with Crippen LogP contribution in [-0.4, -0.2) is 22.6 Å². The molecule has 0 bridgehead atoms. The first kappa shape index (κ1) is 20.6. The van der Waals surface area contributed by atoms with Crippen LogP contribution in [0.2, 0.25) is 5.02 Å². The number of hydrogen-bond acceptors (Lipinski definition) is 4. The largest absolute Gasteiger partial charge is 0.368 e. The summed E-state index contributed by atoms with van der Waals surface area (Å²) in [7, 11) is 0. The number of hydrogen-bond donors (Lipinski definition) is 3. The molecule has 1 unspecified atom stereocenters. The maximum absolute atomic E-state index is 13.5. The minimum absolute atomic E-state index is 0.123. The molecule has 0 saturated heterocycles. The second kappa shape index (κ2) is 8.11. The number of amides is 2. The summed E-state index contributed by atoms with van der Waals surface area (Å²) in [4.78, 5) is 26.7. The van der Waals surface area contributed by atoms with E-state index in [2.05, 4.69) is 5.32 Å². The summed E-state index contributed by atoms with van der Waals surface area (Å²) in [6, 6.07) is 13.6. The smallest absolute Gasteiger partial charge is 0.274 e. The average Bonchev–Trinajstić information content (AvgIpc) is 2.90. The number of anilines is 2. The van der Waals surface area contributed by atoms with Crippen molar-refractivity contribution in [3.05, 3.63) is 82.5 Å². The fourth-order valence-electron chi connectivity index (χ4n) is 3.33. The number of halogens is 1. The summed E-state index contributed by atoms with van der Waals surface area (Å²) in [6.07, 6.45) is 3.80. The molecule has 1 heterocycles. The molecule has 2 amide bonds. The molecule has 0 fully saturated rings. The predicted octanol–water partition coefficient (Wildman–Crippen LogP) is 4.53. The summed E-state index contributed by atoms with van der Waals surface area (Å²) < 4.78 is 0. The summed E-state index contributed by atoms with van der Waals surface area (Å²) in [6.45, 7) is 5.65. The van der Waals surface area contributed by atoms with Gasteiger partial charge in [-0.25, -0.2) is 5.48 Å². The quantitative estimate of drug-likeness (QED) is 0.498. The minimum atomic E-state index is -0.977. The lowest BCUT2D eigenvalue weighted by Crippen LogP contribution is -2.46. The molecule has 0 aliphatic carbocycles. The molecule has 0 spiro atoms. The predicted molar refractivity (Wildman–Crippen MR) is 114 cm³/mol. The Morgan fingerprint density at radius 3 is 2.31 bits per heavy atom. The van der Waals surface area contributed by atoms with E-state index < -0.39 is 11.4 Å². The zero-order valence-corrected chi connectivity index (χ0v) is 17.1. The summed E-state index contributed by atoms with van der Waals surface area (Å²) >= 11 is 6.00. The Morgan fingerprint density at radius 2 is 1.76 bits per heavy atom. The van der Waals surface area contributed by atoms with Gasteiger partial charge in [0.2, 0.25) is 0 Å². The number of rotatable bonds is 5. The van der Waals surface area contributed by atoms with E-state index in [1.165, 1.54) is 0 Å². The molecule has 2 aromatic rings. The first-order valence-electron chi connectivity index (χ1n) is 9.08. The van der Waals surface area contributed by atoms with Crippen molar-refractivity contribution in [3.8, 4) is 0 Å². The van der Waals surface area contributed by atoms with E-state index in [1.807, 2.05) is 45.1 Å². The van der Waals surface area contributed by atoms with Crippen molar-refractivity contribution in [1.82, 2.24) is 5.48 Å². The topological polar surface area (TPSA) is 81.7 Å². The van der Waals surface area contributed by atoms with Gasteiger partial charge in [-0.3, -0.25) is 19.7 Å². The Labute approximate surface area is 174 Å². The van der Waals surface area contributed by atoms with Gasteiger partial charge in [0.05, 0.1) is 5.70 Å². The SMILES string of the molecule is C/C=C\C1=C(C)C(C)(Nc2ccc(C(=O)NO)cc2)C(=O)N1c1ccc(Cl)cc1. The molecule has 150 valence electrons. The van der Waals surface area contributed by atoms with E-state index in [1.54, 1.807) is 46.8 Å². The molecule has 0 saturated carbocycles. The molecular weight excluding hydrogens is 390 g/mol. The van der Waals surface area contributed by atoms with Gasteiger partial charge >= 0.3 is 0 Å². The Bertz CT molecular complexity index is 997. The van der Waals surface area contributed by atoms with Crippen molar-refractivity contribution in [2.75, 3.05) is 10.2 Å². The number of nitrogens with zero attached hydrogens (tertiary/aromatic N) is 1. The van der Waals surface area contributed by atoms with Crippen LogP contribution in [0.3, 0.4) is 0 Å². The standard InChI is InChI=1S/C22H22ClN3O3/c1-4-5-19-14(2)22(3,21(28)26(19)18-12-8-16(23)9-13-18)24-17-10-6-15(7-11-17)20(27)25-29/h4-13,24,29H,1-3H3,(H,25,27)/b5-4-. The monoisotopic (exact) mass is 411 g/mol. The van der Waals surface area contributed by atoms with Crippen molar-refractivity contribution >= 4 is 34.8 Å². The van der Waals surface area contributed by atoms with E-state index in [-0.39, 0.29) is 5.91 Å². The first-order chi connectivity index (χ1) is 13.8. The summed E-state index contributed by atoms with van der Waals surface area (Å²) in [5.74, 6) is -0.720. The van der Waals surface area contributed by atoms with Gasteiger partial charge in [0.25, 0.3) is 11.8 Å². The molecule has 1 aliphatic heterocycles. The number of carbonyl (C=O) groups is 2. The van der Waals surface area contributed by atoms with Crippen LogP contribution in [0.1, 0.15) is 31.1 Å². The van der Waals surface area contributed by atoms with Crippen LogP contribution < -0.4 is 15.7 Å². The maximum Gasteiger partial charge on any atom is 0.274 e. The molecule has 0 radical (unpaired) electrons. The van der Waals surface area contributed by atoms with Crippen LogP contribution in [-0.2, 0) is 4.79 Å². The van der Waals surface area contributed by atoms with Crippen molar-refractivity contribution in [2.45, 2.75) is 26.3 Å². The molecule has 6 nitrogen and oxygen atoms in total. The summed E-state index contributed by atoms with van der Waals surface area (Å²) in [5, 5.41) is 12.6. The number of hydroxylamine groups is 1. The van der Waals surface area contributed by atoms with Crippen molar-refractivity contribution in [3.63, 3.8) is 0 Å². The highest BCUT2D eigenvalue weighted by Crippen LogP contribution is 2.39. The van der Waals surface area contributed by atoms with Crippen LogP contribution >= 0.6 is 11.6 Å². The van der Waals surface area contributed by atoms with E-state index >= 15 is 0 Å². The van der Waals surface area contributed by atoms with Gasteiger partial charge in [0, 0.05) is 22.0 Å². The highest BCUT2D eigenvalue weighted by atomic mass is 35.5. The minimum Gasteiger partial charge on any atom is -0.368 e. The highest BCUT2D eigenvalue weighted by molar-refractivity contribution is 6.30. The third-order valence-electron chi connectivity index (χ3n) is 5.06. The second-order valence-corrected chi connectivity index (χ2v) is 7.33. The van der Waals surface area contributed by atoms with Crippen LogP contribution in [0, 0.1) is 0 Å². The Morgan fingerprint density at radius 1 is 1.14 bits per heavy atom. The van der Waals surface area contributed by atoms with E-state index in [4.69, 9.17) is 16.8 Å². The van der Waals surface area contributed by atoms with E-state index in [0.717, 1.165) is 17.0 Å². The molecule has 0 aromatic heterocycles. The number of carbonyl (C=O) groups excluding carboxylic acids is 2. The Hall–Kier alpha value is -3.09. The first-order valence-corrected chi connectivity index (χ1v) is 9.46. The Kier molecular flexibility index (Phi) is 5.77. The Balaban J connectivity index is 1.98. The summed E-state index contributed by atoms with van der Waals surface area (Å²) in [5.41, 5.74) is 4.00. The van der Waals surface area contributed by atoms with Crippen LogP contribution in [0.15, 0.2) is 72.0 Å². The molecule has 29 heavy (non-hydrogen) atoms. The average molecular weight is 412 g/mol. The van der Waals surface area contributed by atoms with Gasteiger partial charge < -0.3 is 5.32 Å². The zero-order valence-electron chi connectivity index (χ0n) is 16.4. The van der Waals surface area contributed by atoms with E-state index in [9.17, 15) is 9.59 Å². The van der Waals surface area contributed by atoms with Gasteiger partial charge in [-0.2, -0.15) is 0 Å². The number of nitrogens with one attached hydrogen (secondary N) is 2. The van der Waals surface area contributed by atoms with Crippen molar-refractivity contribution in [1.29, 1.82) is 0 Å². The molecule has 1 aliphatic rings. The zero-order chi connectivity index (χ0) is 21.2. The third-order valence-corrected chi connectivity index (χ3v) is 5.31. The van der Waals surface area contributed by atoms with Crippen molar-refractivity contribution in [2.24, 2.45) is 0 Å². The molecular formula is C22H22ClN3O3. The van der Waals surface area contributed by atoms with Gasteiger partial charge in [-0.1, -0.05) is 17.7 Å². The molecule has 7 heteroatoms. The van der Waals surface area contributed by atoms with Gasteiger partial charge in [0.1, 0.15) is 5.54 Å². The molecule has 2 aromatic carbocycles. The molecule has 1 atom stereocenters. The highest BCUT2D eigenvalue weighted by Gasteiger charge is 2.47. The van der Waals surface area contributed by atoms with Gasteiger partial charge in [-0.05, 0) is 81.0 Å². The third kappa shape index (κ3) is 3.77. The van der Waals surface area contributed by atoms with Crippen molar-refractivity contribution < 1.29 is 14.8 Å². The number of benzene rings is 2. The van der Waals surface area contributed by atoms with E-state index in [0.29, 0.717) is 16.3 Å². The molecule has 3 N–H and O–H groups in total. The van der Waals surface area contributed by atoms with Crippen LogP contribution in [0.4, 0.5) is 11.4 Å². The van der Waals surface area contributed by atoms with Gasteiger partial charge in [-0.15, -0.1) is 0 Å². The lowest BCUT2D eigenvalue weighted by molar-refractivity contribution is -0.120.